The summed E-state index contributed by atoms with van der Waals surface area (Å²) in [5.74, 6) is 3.48. The van der Waals surface area contributed by atoms with E-state index < -0.39 is 16.2 Å². The molecular weight excluding hydrogens is 1020 g/mol. The third kappa shape index (κ3) is 6.04. The van der Waals surface area contributed by atoms with Crippen LogP contribution < -0.4 is 14.4 Å². The Balaban J connectivity index is 0.921. The highest BCUT2D eigenvalue weighted by Gasteiger charge is 2.54. The largest absolute Gasteiger partial charge is 0.457 e. The minimum absolute atomic E-state index is 0.539. The quantitative estimate of drug-likeness (QED) is 0.166. The summed E-state index contributed by atoms with van der Waals surface area (Å²) in [5, 5.41) is 0. The van der Waals surface area contributed by atoms with Crippen LogP contribution in [0.4, 0.5) is 17.1 Å². The summed E-state index contributed by atoms with van der Waals surface area (Å²) in [6, 6.07) is 115. The van der Waals surface area contributed by atoms with Crippen molar-refractivity contribution in [2.24, 2.45) is 0 Å². The van der Waals surface area contributed by atoms with Crippen LogP contribution >= 0.6 is 0 Å². The average molecular weight is 1070 g/mol. The van der Waals surface area contributed by atoms with Gasteiger partial charge in [0.2, 0.25) is 0 Å². The zero-order valence-electron chi connectivity index (χ0n) is 45.7. The first-order valence-electron chi connectivity index (χ1n) is 29.1. The smallest absolute Gasteiger partial charge is 0.132 e. The summed E-state index contributed by atoms with van der Waals surface area (Å²) < 4.78 is 13.7. The SMILES string of the molecule is c1ccc(C2(c3ccccc3)c3ccccc3-c3c(-c4cccc(N(c5ccc6c(c5)C5(c7ccccc7Oc7ccccc75)c5ccccc5-6)c5cccc6c5-c5ccccc5C65c6ccccc6Oc6ccccc65)c4)cccc32)cc1. The first-order chi connectivity index (χ1) is 41.7. The molecule has 0 unspecified atom stereocenters. The molecule has 0 bridgehead atoms. The van der Waals surface area contributed by atoms with Crippen LogP contribution in [0.2, 0.25) is 0 Å². The number of ether oxygens (including phenoxy) is 2. The van der Waals surface area contributed by atoms with Gasteiger partial charge >= 0.3 is 0 Å². The Bertz CT molecular complexity index is 4750. The molecule has 2 aliphatic heterocycles. The topological polar surface area (TPSA) is 21.7 Å². The van der Waals surface area contributed by atoms with Crippen LogP contribution in [0.25, 0.3) is 44.5 Å². The molecule has 0 amide bonds. The molecule has 2 spiro atoms. The Kier molecular flexibility index (Phi) is 9.86. The predicted octanol–water partition coefficient (Wildman–Crippen LogP) is 20.1. The molecule has 3 aliphatic carbocycles. The second-order valence-electron chi connectivity index (χ2n) is 22.9. The lowest BCUT2D eigenvalue weighted by Crippen LogP contribution is -2.32. The van der Waals surface area contributed by atoms with E-state index in [0.29, 0.717) is 0 Å². The highest BCUT2D eigenvalue weighted by molar-refractivity contribution is 6.01. The molecule has 0 fully saturated rings. The zero-order valence-corrected chi connectivity index (χ0v) is 45.7. The monoisotopic (exact) mass is 1070 g/mol. The van der Waals surface area contributed by atoms with Crippen LogP contribution in [0.15, 0.2) is 309 Å². The Morgan fingerprint density at radius 1 is 0.226 bits per heavy atom. The minimum atomic E-state index is -0.673. The Hall–Kier alpha value is -10.7. The third-order valence-electron chi connectivity index (χ3n) is 19.1. The number of nitrogens with zero attached hydrogens (tertiary/aromatic N) is 1. The van der Waals surface area contributed by atoms with Gasteiger partial charge in [0, 0.05) is 39.2 Å². The van der Waals surface area contributed by atoms with E-state index in [9.17, 15) is 0 Å². The number of benzene rings is 13. The van der Waals surface area contributed by atoms with E-state index in [0.717, 1.165) is 67.9 Å². The number of para-hydroxylation sites is 4. The van der Waals surface area contributed by atoms with Crippen molar-refractivity contribution in [2.45, 2.75) is 16.2 Å². The van der Waals surface area contributed by atoms with Crippen LogP contribution in [0, 0.1) is 0 Å². The first-order valence-corrected chi connectivity index (χ1v) is 29.1. The number of hydrogen-bond donors (Lipinski definition) is 0. The Morgan fingerprint density at radius 3 is 1.18 bits per heavy atom. The number of fused-ring (bicyclic) bond motifs is 21. The summed E-state index contributed by atoms with van der Waals surface area (Å²) in [5.41, 5.74) is 25.5. The average Bonchev–Trinajstić information content (AvgIpc) is 1.78. The maximum absolute atomic E-state index is 6.85. The van der Waals surface area contributed by atoms with E-state index in [2.05, 4.69) is 314 Å². The van der Waals surface area contributed by atoms with Crippen molar-refractivity contribution in [1.29, 1.82) is 0 Å². The molecule has 3 nitrogen and oxygen atoms in total. The second kappa shape index (κ2) is 17.6. The fraction of sp³-hybridized carbons (Fsp3) is 0.0370. The van der Waals surface area contributed by atoms with Crippen molar-refractivity contribution in [3.63, 3.8) is 0 Å². The number of rotatable bonds is 6. The maximum atomic E-state index is 6.85. The number of anilines is 3. The van der Waals surface area contributed by atoms with E-state index >= 15 is 0 Å². The van der Waals surface area contributed by atoms with E-state index in [1.54, 1.807) is 0 Å². The molecule has 0 N–H and O–H groups in total. The zero-order chi connectivity index (χ0) is 55.1. The van der Waals surface area contributed by atoms with Crippen LogP contribution in [0.3, 0.4) is 0 Å². The molecule has 0 aromatic heterocycles. The molecule has 0 saturated heterocycles. The molecule has 84 heavy (non-hydrogen) atoms. The molecule has 13 aromatic rings. The summed E-state index contributed by atoms with van der Waals surface area (Å²) in [6.07, 6.45) is 0. The molecule has 18 rings (SSSR count). The van der Waals surface area contributed by atoms with Gasteiger partial charge in [-0.15, -0.1) is 0 Å². The van der Waals surface area contributed by atoms with Gasteiger partial charge in [-0.25, -0.2) is 0 Å². The fourth-order valence-corrected chi connectivity index (χ4v) is 16.0. The molecule has 2 heterocycles. The highest BCUT2D eigenvalue weighted by Crippen LogP contribution is 2.67. The van der Waals surface area contributed by atoms with Gasteiger partial charge in [0.25, 0.3) is 0 Å². The van der Waals surface area contributed by atoms with Crippen molar-refractivity contribution < 1.29 is 9.47 Å². The minimum Gasteiger partial charge on any atom is -0.457 e. The van der Waals surface area contributed by atoms with Crippen molar-refractivity contribution in [3.8, 4) is 67.5 Å². The van der Waals surface area contributed by atoms with Crippen LogP contribution in [-0.2, 0) is 16.2 Å². The van der Waals surface area contributed by atoms with Crippen molar-refractivity contribution in [1.82, 2.24) is 0 Å². The van der Waals surface area contributed by atoms with Gasteiger partial charge in [-0.05, 0) is 138 Å². The molecule has 5 aliphatic rings. The molecule has 0 atom stereocenters. The maximum Gasteiger partial charge on any atom is 0.132 e. The van der Waals surface area contributed by atoms with Gasteiger partial charge in [0.05, 0.1) is 21.9 Å². The van der Waals surface area contributed by atoms with Crippen molar-refractivity contribution in [3.05, 3.63) is 376 Å². The normalized spacial score (nSPS) is 14.7. The van der Waals surface area contributed by atoms with Crippen LogP contribution in [-0.4, -0.2) is 0 Å². The summed E-state index contributed by atoms with van der Waals surface area (Å²) in [7, 11) is 0. The van der Waals surface area contributed by atoms with Crippen molar-refractivity contribution in [2.75, 3.05) is 4.90 Å². The molecule has 0 saturated carbocycles. The highest BCUT2D eigenvalue weighted by atomic mass is 16.5. The Morgan fingerprint density at radius 2 is 0.607 bits per heavy atom. The number of hydrogen-bond acceptors (Lipinski definition) is 3. The van der Waals surface area contributed by atoms with E-state index in [-0.39, 0.29) is 0 Å². The van der Waals surface area contributed by atoms with Crippen LogP contribution in [0.1, 0.15) is 66.8 Å². The summed E-state index contributed by atoms with van der Waals surface area (Å²) in [4.78, 5) is 2.55. The van der Waals surface area contributed by atoms with Gasteiger partial charge in [-0.3, -0.25) is 0 Å². The fourth-order valence-electron chi connectivity index (χ4n) is 16.0. The van der Waals surface area contributed by atoms with Gasteiger partial charge in [-0.2, -0.15) is 0 Å². The van der Waals surface area contributed by atoms with E-state index in [1.165, 1.54) is 83.5 Å². The third-order valence-corrected chi connectivity index (χ3v) is 19.1. The molecule has 13 aromatic carbocycles. The Labute approximate surface area is 488 Å². The first kappa shape index (κ1) is 47.0. The van der Waals surface area contributed by atoms with Crippen LogP contribution in [0.5, 0.6) is 23.0 Å². The van der Waals surface area contributed by atoms with Gasteiger partial charge in [0.1, 0.15) is 23.0 Å². The van der Waals surface area contributed by atoms with Gasteiger partial charge < -0.3 is 14.4 Å². The summed E-state index contributed by atoms with van der Waals surface area (Å²) >= 11 is 0. The predicted molar refractivity (Wildman–Crippen MR) is 339 cm³/mol. The second-order valence-corrected chi connectivity index (χ2v) is 22.9. The lowest BCUT2D eigenvalue weighted by molar-refractivity contribution is 0.436. The van der Waals surface area contributed by atoms with Crippen molar-refractivity contribution >= 4 is 17.1 Å². The lowest BCUT2D eigenvalue weighted by atomic mass is 9.66. The standard InChI is InChI=1S/C81H51NO2/c1-3-25-53(26-4-1)79(54-27-5-2-6-28-54)63-35-11-8-31-60(63)77-57(33-22-41-69(77)79)52-24-21-29-55(50-52)82(56-48-49-59-58-30-7-10-34-62(58)81(71(59)51-56)67-39-15-19-46-75(67)84-76-47-20-16-40-68(76)81)72-43-23-42-70-78(72)61-32-9-12-36-64(61)80(70)65-37-13-17-44-73(65)83-74-45-18-14-38-66(74)80/h1-51H. The summed E-state index contributed by atoms with van der Waals surface area (Å²) in [6.45, 7) is 0. The van der Waals surface area contributed by atoms with E-state index in [4.69, 9.17) is 9.47 Å². The van der Waals surface area contributed by atoms with E-state index in [1.807, 2.05) is 0 Å². The molecule has 0 radical (unpaired) electrons. The molecule has 392 valence electrons. The van der Waals surface area contributed by atoms with Gasteiger partial charge in [-0.1, -0.05) is 255 Å². The molecule has 3 heteroatoms. The van der Waals surface area contributed by atoms with Gasteiger partial charge in [0.15, 0.2) is 0 Å². The molecular formula is C81H51NO2. The lowest BCUT2D eigenvalue weighted by Gasteiger charge is -2.40.